The fourth-order valence-electron chi connectivity index (χ4n) is 0.951. The Labute approximate surface area is 77.7 Å². The first kappa shape index (κ1) is 9.84. The minimum absolute atomic E-state index is 0.301. The summed E-state index contributed by atoms with van der Waals surface area (Å²) in [6, 6.07) is 1.72. The van der Waals surface area contributed by atoms with Crippen LogP contribution in [0.5, 0.6) is 0 Å². The lowest BCUT2D eigenvalue weighted by molar-refractivity contribution is 0.0504. The van der Waals surface area contributed by atoms with Crippen LogP contribution in [0.15, 0.2) is 16.7 Å². The van der Waals surface area contributed by atoms with Crippen LogP contribution in [0.25, 0.3) is 0 Å². The molecule has 0 fully saturated rings. The first-order chi connectivity index (χ1) is 6.27. The molecule has 0 unspecified atom stereocenters. The van der Waals surface area contributed by atoms with E-state index < -0.39 is 0 Å². The highest BCUT2D eigenvalue weighted by molar-refractivity contribution is 5.89. The van der Waals surface area contributed by atoms with Crippen molar-refractivity contribution in [2.75, 3.05) is 6.61 Å². The van der Waals surface area contributed by atoms with Crippen LogP contribution >= 0.6 is 0 Å². The molecule has 1 aromatic rings. The number of ether oxygens (including phenoxy) is 1. The van der Waals surface area contributed by atoms with E-state index in [2.05, 4.69) is 0 Å². The van der Waals surface area contributed by atoms with Gasteiger partial charge in [0.2, 0.25) is 0 Å². The summed E-state index contributed by atoms with van der Waals surface area (Å²) in [5.41, 5.74) is 0.505. The Morgan fingerprint density at radius 2 is 2.31 bits per heavy atom. The number of rotatable bonds is 4. The SMILES string of the molecule is CCCOC(=O)c1coc(CC)c1. The summed E-state index contributed by atoms with van der Waals surface area (Å²) in [4.78, 5) is 11.3. The molecule has 1 heterocycles. The number of aryl methyl sites for hydroxylation is 1. The van der Waals surface area contributed by atoms with E-state index in [0.29, 0.717) is 12.2 Å². The van der Waals surface area contributed by atoms with Gasteiger partial charge in [-0.2, -0.15) is 0 Å². The van der Waals surface area contributed by atoms with Crippen LogP contribution in [-0.4, -0.2) is 12.6 Å². The largest absolute Gasteiger partial charge is 0.468 e. The lowest BCUT2D eigenvalue weighted by Gasteiger charge is -1.98. The Morgan fingerprint density at radius 1 is 1.54 bits per heavy atom. The Kier molecular flexibility index (Phi) is 3.55. The smallest absolute Gasteiger partial charge is 0.341 e. The van der Waals surface area contributed by atoms with Crippen LogP contribution in [0.4, 0.5) is 0 Å². The molecule has 0 aliphatic rings. The first-order valence-corrected chi connectivity index (χ1v) is 4.52. The third-order valence-corrected chi connectivity index (χ3v) is 1.68. The van der Waals surface area contributed by atoms with Crippen LogP contribution in [-0.2, 0) is 11.2 Å². The van der Waals surface area contributed by atoms with Gasteiger partial charge in [0.15, 0.2) is 0 Å². The molecule has 3 heteroatoms. The van der Waals surface area contributed by atoms with Gasteiger partial charge in [0.25, 0.3) is 0 Å². The predicted octanol–water partition coefficient (Wildman–Crippen LogP) is 2.41. The summed E-state index contributed by atoms with van der Waals surface area (Å²) in [5.74, 6) is 0.508. The van der Waals surface area contributed by atoms with Crippen molar-refractivity contribution in [2.24, 2.45) is 0 Å². The number of carbonyl (C=O) groups is 1. The Bertz CT molecular complexity index is 275. The molecule has 0 aliphatic heterocycles. The summed E-state index contributed by atoms with van der Waals surface area (Å²) in [6.07, 6.45) is 3.07. The molecule has 0 N–H and O–H groups in total. The van der Waals surface area contributed by atoms with Gasteiger partial charge in [-0.3, -0.25) is 0 Å². The molecule has 0 bridgehead atoms. The maximum Gasteiger partial charge on any atom is 0.341 e. The Morgan fingerprint density at radius 3 is 2.85 bits per heavy atom. The van der Waals surface area contributed by atoms with Crippen molar-refractivity contribution in [3.8, 4) is 0 Å². The Balaban J connectivity index is 2.55. The van der Waals surface area contributed by atoms with E-state index in [4.69, 9.17) is 9.15 Å². The first-order valence-electron chi connectivity index (χ1n) is 4.52. The van der Waals surface area contributed by atoms with Crippen LogP contribution in [0, 0.1) is 0 Å². The minimum atomic E-state index is -0.301. The maximum atomic E-state index is 11.3. The van der Waals surface area contributed by atoms with E-state index >= 15 is 0 Å². The average Bonchev–Trinajstić information content (AvgIpc) is 2.62. The second kappa shape index (κ2) is 4.70. The van der Waals surface area contributed by atoms with Crippen molar-refractivity contribution in [3.63, 3.8) is 0 Å². The van der Waals surface area contributed by atoms with Gasteiger partial charge in [-0.15, -0.1) is 0 Å². The van der Waals surface area contributed by atoms with Crippen molar-refractivity contribution < 1.29 is 13.9 Å². The lowest BCUT2D eigenvalue weighted by atomic mass is 10.3. The molecule has 1 rings (SSSR count). The van der Waals surface area contributed by atoms with E-state index in [1.807, 2.05) is 13.8 Å². The number of furan rings is 1. The average molecular weight is 182 g/mol. The van der Waals surface area contributed by atoms with E-state index in [1.165, 1.54) is 6.26 Å². The summed E-state index contributed by atoms with van der Waals surface area (Å²) in [7, 11) is 0. The summed E-state index contributed by atoms with van der Waals surface area (Å²) < 4.78 is 10.1. The second-order valence-electron chi connectivity index (χ2n) is 2.79. The normalized spacial score (nSPS) is 10.0. The molecule has 1 aromatic heterocycles. The van der Waals surface area contributed by atoms with Crippen LogP contribution in [0.2, 0.25) is 0 Å². The monoisotopic (exact) mass is 182 g/mol. The molecule has 13 heavy (non-hydrogen) atoms. The van der Waals surface area contributed by atoms with E-state index in [-0.39, 0.29) is 5.97 Å². The zero-order valence-corrected chi connectivity index (χ0v) is 8.00. The second-order valence-corrected chi connectivity index (χ2v) is 2.79. The van der Waals surface area contributed by atoms with E-state index in [9.17, 15) is 4.79 Å². The van der Waals surface area contributed by atoms with Crippen LogP contribution in [0.3, 0.4) is 0 Å². The van der Waals surface area contributed by atoms with Gasteiger partial charge in [-0.1, -0.05) is 13.8 Å². The van der Waals surface area contributed by atoms with Crippen molar-refractivity contribution in [3.05, 3.63) is 23.7 Å². The molecule has 72 valence electrons. The highest BCUT2D eigenvalue weighted by Crippen LogP contribution is 2.09. The molecule has 0 spiro atoms. The lowest BCUT2D eigenvalue weighted by Crippen LogP contribution is -2.04. The fourth-order valence-corrected chi connectivity index (χ4v) is 0.951. The van der Waals surface area contributed by atoms with Gasteiger partial charge in [-0.25, -0.2) is 4.79 Å². The molecular formula is C10H14O3. The number of esters is 1. The molecule has 0 aliphatic carbocycles. The van der Waals surface area contributed by atoms with Gasteiger partial charge in [0.05, 0.1) is 12.2 Å². The van der Waals surface area contributed by atoms with E-state index in [0.717, 1.165) is 18.6 Å². The highest BCUT2D eigenvalue weighted by Gasteiger charge is 2.09. The summed E-state index contributed by atoms with van der Waals surface area (Å²) >= 11 is 0. The van der Waals surface area contributed by atoms with Gasteiger partial charge in [0, 0.05) is 6.42 Å². The summed E-state index contributed by atoms with van der Waals surface area (Å²) in [5, 5.41) is 0. The number of hydrogen-bond acceptors (Lipinski definition) is 3. The quantitative estimate of drug-likeness (QED) is 0.671. The molecule has 0 saturated carbocycles. The molecule has 0 saturated heterocycles. The number of hydrogen-bond donors (Lipinski definition) is 0. The molecule has 3 nitrogen and oxygen atoms in total. The zero-order valence-electron chi connectivity index (χ0n) is 8.00. The topological polar surface area (TPSA) is 39.4 Å². The van der Waals surface area contributed by atoms with Gasteiger partial charge in [0.1, 0.15) is 12.0 Å². The van der Waals surface area contributed by atoms with E-state index in [1.54, 1.807) is 6.07 Å². The minimum Gasteiger partial charge on any atom is -0.468 e. The Hall–Kier alpha value is -1.25. The number of carbonyl (C=O) groups excluding carboxylic acids is 1. The molecule has 0 aromatic carbocycles. The highest BCUT2D eigenvalue weighted by atomic mass is 16.5. The van der Waals surface area contributed by atoms with Crippen molar-refractivity contribution >= 4 is 5.97 Å². The standard InChI is InChI=1S/C10H14O3/c1-3-5-12-10(11)8-6-9(4-2)13-7-8/h6-7H,3-5H2,1-2H3. The molecule has 0 atom stereocenters. The summed E-state index contributed by atoms with van der Waals surface area (Å²) in [6.45, 7) is 4.39. The zero-order chi connectivity index (χ0) is 9.68. The predicted molar refractivity (Wildman–Crippen MR) is 48.7 cm³/mol. The fraction of sp³-hybridized carbons (Fsp3) is 0.500. The van der Waals surface area contributed by atoms with Crippen LogP contribution < -0.4 is 0 Å². The van der Waals surface area contributed by atoms with Crippen molar-refractivity contribution in [1.29, 1.82) is 0 Å². The van der Waals surface area contributed by atoms with Gasteiger partial charge >= 0.3 is 5.97 Å². The maximum absolute atomic E-state index is 11.3. The third kappa shape index (κ3) is 2.61. The van der Waals surface area contributed by atoms with Gasteiger partial charge in [-0.05, 0) is 12.5 Å². The van der Waals surface area contributed by atoms with Crippen molar-refractivity contribution in [1.82, 2.24) is 0 Å². The van der Waals surface area contributed by atoms with Crippen molar-refractivity contribution in [2.45, 2.75) is 26.7 Å². The molecule has 0 amide bonds. The van der Waals surface area contributed by atoms with Gasteiger partial charge < -0.3 is 9.15 Å². The third-order valence-electron chi connectivity index (χ3n) is 1.68. The molecule has 0 radical (unpaired) electrons. The van der Waals surface area contributed by atoms with Crippen LogP contribution in [0.1, 0.15) is 36.4 Å². The molecular weight excluding hydrogens is 168 g/mol.